The van der Waals surface area contributed by atoms with Gasteiger partial charge in [-0.2, -0.15) is 5.10 Å². The molecule has 0 unspecified atom stereocenters. The van der Waals surface area contributed by atoms with E-state index in [0.717, 1.165) is 66.1 Å². The topological polar surface area (TPSA) is 38.1 Å². The van der Waals surface area contributed by atoms with E-state index < -0.39 is 0 Å². The average molecular weight is 384 g/mol. The summed E-state index contributed by atoms with van der Waals surface area (Å²) in [6.07, 6.45) is 4.32. The minimum Gasteiger partial charge on any atom is -0.338 e. The minimum atomic E-state index is 0.170. The molecule has 0 fully saturated rings. The van der Waals surface area contributed by atoms with Gasteiger partial charge in [0.25, 0.3) is 5.91 Å². The first kappa shape index (κ1) is 19.6. The molecular weight excluding hydrogens is 354 g/mol. The van der Waals surface area contributed by atoms with Crippen molar-refractivity contribution in [1.82, 2.24) is 14.7 Å². The number of nitrogens with zero attached hydrogens (tertiary/aromatic N) is 3. The molecule has 3 rings (SSSR count). The zero-order valence-corrected chi connectivity index (χ0v) is 17.4. The summed E-state index contributed by atoms with van der Waals surface area (Å²) < 4.78 is 2.03. The number of aryl methyl sites for hydroxylation is 1. The van der Waals surface area contributed by atoms with Crippen molar-refractivity contribution in [3.63, 3.8) is 0 Å². The Bertz CT molecular complexity index is 874. The lowest BCUT2D eigenvalue weighted by atomic mass is 10.2. The van der Waals surface area contributed by atoms with Gasteiger partial charge in [-0.05, 0) is 31.4 Å². The Morgan fingerprint density at radius 3 is 2.41 bits per heavy atom. The van der Waals surface area contributed by atoms with Crippen molar-refractivity contribution in [2.75, 3.05) is 13.1 Å². The molecule has 5 heteroatoms. The molecule has 0 saturated heterocycles. The van der Waals surface area contributed by atoms with Crippen molar-refractivity contribution in [2.45, 2.75) is 53.0 Å². The zero-order chi connectivity index (χ0) is 19.2. The number of aromatic nitrogens is 2. The Hall–Kier alpha value is -2.14. The van der Waals surface area contributed by atoms with Crippen LogP contribution < -0.4 is 0 Å². The second-order valence-corrected chi connectivity index (χ2v) is 8.09. The van der Waals surface area contributed by atoms with E-state index >= 15 is 0 Å². The number of carbonyl (C=O) groups is 1. The largest absolute Gasteiger partial charge is 0.338 e. The SMILES string of the molecule is CCCCN(CCCC)C(=O)c1cc2c(C)nn(Cc3ccccc3)c2s1. The van der Waals surface area contributed by atoms with Gasteiger partial charge in [0.05, 0.1) is 17.1 Å². The van der Waals surface area contributed by atoms with Crippen LogP contribution in [-0.2, 0) is 6.54 Å². The molecule has 27 heavy (non-hydrogen) atoms. The third-order valence-electron chi connectivity index (χ3n) is 4.84. The highest BCUT2D eigenvalue weighted by Gasteiger charge is 2.20. The molecule has 4 nitrogen and oxygen atoms in total. The summed E-state index contributed by atoms with van der Waals surface area (Å²) in [7, 11) is 0. The lowest BCUT2D eigenvalue weighted by molar-refractivity contribution is 0.0756. The van der Waals surface area contributed by atoms with Gasteiger partial charge in [0, 0.05) is 18.5 Å². The van der Waals surface area contributed by atoms with E-state index in [9.17, 15) is 4.79 Å². The molecule has 0 spiro atoms. The summed E-state index contributed by atoms with van der Waals surface area (Å²) in [5.74, 6) is 0.170. The molecule has 0 bridgehead atoms. The molecule has 0 atom stereocenters. The summed E-state index contributed by atoms with van der Waals surface area (Å²) in [4.78, 5) is 17.1. The van der Waals surface area contributed by atoms with Crippen molar-refractivity contribution in [3.8, 4) is 0 Å². The molecule has 0 aliphatic heterocycles. The van der Waals surface area contributed by atoms with Crippen LogP contribution in [0.15, 0.2) is 36.4 Å². The Kier molecular flexibility index (Phi) is 6.67. The molecule has 2 heterocycles. The molecule has 2 aromatic heterocycles. The lowest BCUT2D eigenvalue weighted by Gasteiger charge is -2.21. The minimum absolute atomic E-state index is 0.170. The fourth-order valence-electron chi connectivity index (χ4n) is 3.25. The van der Waals surface area contributed by atoms with Crippen LogP contribution in [0.1, 0.15) is 60.5 Å². The van der Waals surface area contributed by atoms with Crippen LogP contribution >= 0.6 is 11.3 Å². The smallest absolute Gasteiger partial charge is 0.264 e. The van der Waals surface area contributed by atoms with E-state index in [1.54, 1.807) is 11.3 Å². The van der Waals surface area contributed by atoms with Crippen LogP contribution in [0.2, 0.25) is 0 Å². The molecule has 0 N–H and O–H groups in total. The number of unbranched alkanes of at least 4 members (excludes halogenated alkanes) is 2. The van der Waals surface area contributed by atoms with Gasteiger partial charge < -0.3 is 4.90 Å². The predicted octanol–water partition coefficient (Wildman–Crippen LogP) is 5.50. The maximum Gasteiger partial charge on any atom is 0.264 e. The third-order valence-corrected chi connectivity index (χ3v) is 5.98. The highest BCUT2D eigenvalue weighted by molar-refractivity contribution is 7.20. The molecule has 144 valence electrons. The van der Waals surface area contributed by atoms with E-state index in [-0.39, 0.29) is 5.91 Å². The molecule has 0 radical (unpaired) electrons. The fourth-order valence-corrected chi connectivity index (χ4v) is 4.38. The Morgan fingerprint density at radius 1 is 1.11 bits per heavy atom. The fraction of sp³-hybridized carbons (Fsp3) is 0.455. The molecule has 0 saturated carbocycles. The summed E-state index contributed by atoms with van der Waals surface area (Å²) in [6.45, 7) is 8.79. The predicted molar refractivity (Wildman–Crippen MR) is 114 cm³/mol. The van der Waals surface area contributed by atoms with Gasteiger partial charge >= 0.3 is 0 Å². The van der Waals surface area contributed by atoms with Crippen molar-refractivity contribution >= 4 is 27.5 Å². The number of fused-ring (bicyclic) bond motifs is 1. The normalized spacial score (nSPS) is 11.2. The summed E-state index contributed by atoms with van der Waals surface area (Å²) in [5, 5.41) is 5.79. The van der Waals surface area contributed by atoms with Crippen molar-refractivity contribution in [1.29, 1.82) is 0 Å². The van der Waals surface area contributed by atoms with Crippen LogP contribution in [0.5, 0.6) is 0 Å². The highest BCUT2D eigenvalue weighted by Crippen LogP contribution is 2.30. The zero-order valence-electron chi connectivity index (χ0n) is 16.6. The van der Waals surface area contributed by atoms with Gasteiger partial charge in [-0.15, -0.1) is 11.3 Å². The number of hydrogen-bond acceptors (Lipinski definition) is 3. The molecule has 0 aliphatic carbocycles. The number of hydrogen-bond donors (Lipinski definition) is 0. The van der Waals surface area contributed by atoms with E-state index in [2.05, 4.69) is 26.0 Å². The average Bonchev–Trinajstić information content (AvgIpc) is 3.24. The van der Waals surface area contributed by atoms with Gasteiger partial charge in [-0.1, -0.05) is 57.0 Å². The molecule has 1 amide bonds. The maximum atomic E-state index is 13.1. The highest BCUT2D eigenvalue weighted by atomic mass is 32.1. The Morgan fingerprint density at radius 2 is 1.78 bits per heavy atom. The number of carbonyl (C=O) groups excluding carboxylic acids is 1. The van der Waals surface area contributed by atoms with Crippen LogP contribution in [0, 0.1) is 6.92 Å². The Labute approximate surface area is 165 Å². The van der Waals surface area contributed by atoms with Crippen LogP contribution in [0.25, 0.3) is 10.2 Å². The number of thiophene rings is 1. The third kappa shape index (κ3) is 4.59. The summed E-state index contributed by atoms with van der Waals surface area (Å²) in [6, 6.07) is 12.4. The van der Waals surface area contributed by atoms with Gasteiger partial charge in [0.15, 0.2) is 0 Å². The van der Waals surface area contributed by atoms with Gasteiger partial charge in [-0.3, -0.25) is 9.48 Å². The number of benzene rings is 1. The standard InChI is InChI=1S/C22H29N3OS/c1-4-6-13-24(14-7-5-2)21(26)20-15-19-17(3)23-25(22(19)27-20)16-18-11-9-8-10-12-18/h8-12,15H,4-7,13-14,16H2,1-3H3. The van der Waals surface area contributed by atoms with Crippen LogP contribution in [0.3, 0.4) is 0 Å². The van der Waals surface area contributed by atoms with Crippen molar-refractivity contribution in [2.24, 2.45) is 0 Å². The maximum absolute atomic E-state index is 13.1. The van der Waals surface area contributed by atoms with Crippen molar-refractivity contribution in [3.05, 3.63) is 52.5 Å². The van der Waals surface area contributed by atoms with Gasteiger partial charge in [0.1, 0.15) is 4.83 Å². The first-order chi connectivity index (χ1) is 13.1. The number of amides is 1. The van der Waals surface area contributed by atoms with E-state index in [1.807, 2.05) is 40.8 Å². The van der Waals surface area contributed by atoms with Gasteiger partial charge in [-0.25, -0.2) is 0 Å². The molecule has 0 aliphatic rings. The van der Waals surface area contributed by atoms with Crippen LogP contribution in [-0.4, -0.2) is 33.7 Å². The molecule has 1 aromatic carbocycles. The first-order valence-electron chi connectivity index (χ1n) is 9.94. The van der Waals surface area contributed by atoms with E-state index in [4.69, 9.17) is 5.10 Å². The van der Waals surface area contributed by atoms with Crippen molar-refractivity contribution < 1.29 is 4.79 Å². The quantitative estimate of drug-likeness (QED) is 0.489. The van der Waals surface area contributed by atoms with Gasteiger partial charge in [0.2, 0.25) is 0 Å². The van der Waals surface area contributed by atoms with Crippen LogP contribution in [0.4, 0.5) is 0 Å². The Balaban J connectivity index is 1.86. The first-order valence-corrected chi connectivity index (χ1v) is 10.8. The van der Waals surface area contributed by atoms with E-state index in [1.165, 1.54) is 5.56 Å². The molecular formula is C22H29N3OS. The monoisotopic (exact) mass is 383 g/mol. The number of rotatable bonds is 9. The summed E-state index contributed by atoms with van der Waals surface area (Å²) >= 11 is 1.58. The second-order valence-electron chi connectivity index (χ2n) is 7.06. The lowest BCUT2D eigenvalue weighted by Crippen LogP contribution is -2.32. The molecule has 3 aromatic rings. The van der Waals surface area contributed by atoms with E-state index in [0.29, 0.717) is 0 Å². The summed E-state index contributed by atoms with van der Waals surface area (Å²) in [5.41, 5.74) is 2.21. The second kappa shape index (κ2) is 9.18.